The summed E-state index contributed by atoms with van der Waals surface area (Å²) in [6, 6.07) is 15.3. The van der Waals surface area contributed by atoms with E-state index in [4.69, 9.17) is 0 Å². The lowest BCUT2D eigenvalue weighted by molar-refractivity contribution is -0.123. The molecule has 0 aliphatic carbocycles. The van der Waals surface area contributed by atoms with Gasteiger partial charge in [0.1, 0.15) is 0 Å². The molecule has 3 rings (SSSR count). The summed E-state index contributed by atoms with van der Waals surface area (Å²) < 4.78 is 23.1. The van der Waals surface area contributed by atoms with Crippen molar-refractivity contribution in [3.63, 3.8) is 0 Å². The van der Waals surface area contributed by atoms with Crippen molar-refractivity contribution < 1.29 is 22.8 Å². The molecule has 1 aliphatic heterocycles. The van der Waals surface area contributed by atoms with Gasteiger partial charge >= 0.3 is 0 Å². The molecule has 0 radical (unpaired) electrons. The molecule has 1 fully saturated rings. The summed E-state index contributed by atoms with van der Waals surface area (Å²) in [7, 11) is -3.09. The van der Waals surface area contributed by atoms with E-state index in [1.165, 1.54) is 0 Å². The molecule has 2 aromatic rings. The normalized spacial score (nSPS) is 16.8. The van der Waals surface area contributed by atoms with E-state index >= 15 is 0 Å². The van der Waals surface area contributed by atoms with Crippen molar-refractivity contribution in [3.05, 3.63) is 60.2 Å². The molecule has 9 nitrogen and oxygen atoms in total. The Balaban J connectivity index is 1.56. The van der Waals surface area contributed by atoms with Gasteiger partial charge in [0, 0.05) is 11.7 Å². The number of hydrogen-bond acceptors (Lipinski definition) is 6. The van der Waals surface area contributed by atoms with Crippen molar-refractivity contribution >= 4 is 38.9 Å². The number of nitrogens with zero attached hydrogens (tertiary/aromatic N) is 1. The highest BCUT2D eigenvalue weighted by Crippen LogP contribution is 2.17. The second kappa shape index (κ2) is 11.1. The molecule has 3 N–H and O–H groups in total. The quantitative estimate of drug-likeness (QED) is 0.508. The van der Waals surface area contributed by atoms with Gasteiger partial charge in [-0.2, -0.15) is 0 Å². The van der Waals surface area contributed by atoms with Crippen LogP contribution >= 0.6 is 0 Å². The number of benzene rings is 2. The zero-order valence-corrected chi connectivity index (χ0v) is 19.2. The maximum atomic E-state index is 12.7. The van der Waals surface area contributed by atoms with Crippen molar-refractivity contribution in [2.24, 2.45) is 0 Å². The molecule has 33 heavy (non-hydrogen) atoms. The van der Waals surface area contributed by atoms with Crippen molar-refractivity contribution in [2.75, 3.05) is 41.8 Å². The number of likely N-dealkylation sites (N-methyl/N-ethyl adjacent to an activating group) is 1. The topological polar surface area (TPSA) is 125 Å². The van der Waals surface area contributed by atoms with E-state index in [2.05, 4.69) is 16.0 Å². The largest absolute Gasteiger partial charge is 0.351 e. The number of carbonyl (C=O) groups is 3. The predicted octanol–water partition coefficient (Wildman–Crippen LogP) is 1.50. The first-order valence-corrected chi connectivity index (χ1v) is 12.6. The van der Waals surface area contributed by atoms with Crippen LogP contribution in [0.3, 0.4) is 0 Å². The van der Waals surface area contributed by atoms with Crippen LogP contribution < -0.4 is 16.0 Å². The third-order valence-corrected chi connectivity index (χ3v) is 7.02. The van der Waals surface area contributed by atoms with Gasteiger partial charge in [-0.05, 0) is 37.2 Å². The minimum absolute atomic E-state index is 0.0311. The fourth-order valence-corrected chi connectivity index (χ4v) is 5.24. The van der Waals surface area contributed by atoms with Crippen LogP contribution in [-0.2, 0) is 19.4 Å². The molecule has 3 amide bonds. The standard InChI is InChI=1S/C23H28N4O5S/c1-2-27(14-21(28)24-18-12-13-33(31,32)16-18)15-22(29)26-20-11-7-6-10-19(20)23(30)25-17-8-4-3-5-9-17/h3-11,18H,2,12-16H2,1H3,(H,24,28)(H,25,30)(H,26,29). The van der Waals surface area contributed by atoms with Gasteiger partial charge < -0.3 is 16.0 Å². The Morgan fingerprint density at radius 2 is 1.61 bits per heavy atom. The Hall–Kier alpha value is -3.24. The summed E-state index contributed by atoms with van der Waals surface area (Å²) in [5.74, 6) is -1.01. The van der Waals surface area contributed by atoms with Gasteiger partial charge in [-0.15, -0.1) is 0 Å². The molecule has 0 bridgehead atoms. The number of sulfone groups is 1. The number of amides is 3. The summed E-state index contributed by atoms with van der Waals surface area (Å²) in [6.45, 7) is 2.18. The molecule has 0 spiro atoms. The van der Waals surface area contributed by atoms with Gasteiger partial charge in [0.05, 0.1) is 35.8 Å². The molecule has 1 heterocycles. The third kappa shape index (κ3) is 7.40. The van der Waals surface area contributed by atoms with Gasteiger partial charge in [-0.25, -0.2) is 8.42 Å². The van der Waals surface area contributed by atoms with E-state index in [0.717, 1.165) is 0 Å². The molecule has 1 unspecified atom stereocenters. The van der Waals surface area contributed by atoms with E-state index in [-0.39, 0.29) is 48.4 Å². The zero-order valence-electron chi connectivity index (χ0n) is 18.4. The molecular weight excluding hydrogens is 444 g/mol. The monoisotopic (exact) mass is 472 g/mol. The maximum Gasteiger partial charge on any atom is 0.257 e. The summed E-state index contributed by atoms with van der Waals surface area (Å²) >= 11 is 0. The summed E-state index contributed by atoms with van der Waals surface area (Å²) in [6.07, 6.45) is 0.405. The van der Waals surface area contributed by atoms with Gasteiger partial charge in [0.2, 0.25) is 11.8 Å². The van der Waals surface area contributed by atoms with Crippen LogP contribution in [0.1, 0.15) is 23.7 Å². The highest BCUT2D eigenvalue weighted by molar-refractivity contribution is 7.91. The number of rotatable bonds is 9. The highest BCUT2D eigenvalue weighted by atomic mass is 32.2. The van der Waals surface area contributed by atoms with E-state index in [1.54, 1.807) is 41.3 Å². The molecule has 176 valence electrons. The lowest BCUT2D eigenvalue weighted by atomic mass is 10.1. The van der Waals surface area contributed by atoms with Crippen LogP contribution in [0.15, 0.2) is 54.6 Å². The minimum atomic E-state index is -3.09. The van der Waals surface area contributed by atoms with Crippen LogP contribution in [0.25, 0.3) is 0 Å². The number of nitrogens with one attached hydrogen (secondary N) is 3. The van der Waals surface area contributed by atoms with Crippen molar-refractivity contribution in [1.29, 1.82) is 0 Å². The molecule has 0 saturated carbocycles. The first-order valence-electron chi connectivity index (χ1n) is 10.7. The highest BCUT2D eigenvalue weighted by Gasteiger charge is 2.29. The number of para-hydroxylation sites is 2. The van der Waals surface area contributed by atoms with Crippen LogP contribution in [0.4, 0.5) is 11.4 Å². The average molecular weight is 473 g/mol. The zero-order chi connectivity index (χ0) is 23.8. The van der Waals surface area contributed by atoms with Gasteiger partial charge in [-0.1, -0.05) is 37.3 Å². The number of anilines is 2. The first-order chi connectivity index (χ1) is 15.8. The van der Waals surface area contributed by atoms with Crippen LogP contribution in [0, 0.1) is 0 Å². The summed E-state index contributed by atoms with van der Waals surface area (Å²) in [5, 5.41) is 8.27. The molecule has 10 heteroatoms. The molecule has 1 atom stereocenters. The van der Waals surface area contributed by atoms with E-state index < -0.39 is 9.84 Å². The Bertz CT molecular complexity index is 1100. The number of carbonyl (C=O) groups excluding carboxylic acids is 3. The van der Waals surface area contributed by atoms with E-state index in [9.17, 15) is 22.8 Å². The third-order valence-electron chi connectivity index (χ3n) is 5.26. The van der Waals surface area contributed by atoms with E-state index in [0.29, 0.717) is 29.9 Å². The Morgan fingerprint density at radius 3 is 2.27 bits per heavy atom. The van der Waals surface area contributed by atoms with Gasteiger partial charge in [-0.3, -0.25) is 19.3 Å². The smallest absolute Gasteiger partial charge is 0.257 e. The van der Waals surface area contributed by atoms with E-state index in [1.807, 2.05) is 25.1 Å². The molecule has 2 aromatic carbocycles. The Morgan fingerprint density at radius 1 is 0.939 bits per heavy atom. The van der Waals surface area contributed by atoms with Crippen molar-refractivity contribution in [3.8, 4) is 0 Å². The lowest BCUT2D eigenvalue weighted by Gasteiger charge is -2.21. The Kier molecular flexibility index (Phi) is 8.18. The number of hydrogen-bond donors (Lipinski definition) is 3. The molecule has 0 aromatic heterocycles. The SMILES string of the molecule is CCN(CC(=O)Nc1ccccc1C(=O)Nc1ccccc1)CC(=O)NC1CCS(=O)(=O)C1. The fourth-order valence-electron chi connectivity index (χ4n) is 3.57. The van der Waals surface area contributed by atoms with Gasteiger partial charge in [0.15, 0.2) is 9.84 Å². The summed E-state index contributed by atoms with van der Waals surface area (Å²) in [5.41, 5.74) is 1.33. The second-order valence-electron chi connectivity index (χ2n) is 7.88. The maximum absolute atomic E-state index is 12.7. The lowest BCUT2D eigenvalue weighted by Crippen LogP contribution is -2.44. The van der Waals surface area contributed by atoms with Crippen LogP contribution in [-0.4, -0.2) is 68.2 Å². The second-order valence-corrected chi connectivity index (χ2v) is 10.1. The average Bonchev–Trinajstić information content (AvgIpc) is 3.12. The molecular formula is C23H28N4O5S. The minimum Gasteiger partial charge on any atom is -0.351 e. The van der Waals surface area contributed by atoms with Crippen LogP contribution in [0.5, 0.6) is 0 Å². The predicted molar refractivity (Wildman–Crippen MR) is 127 cm³/mol. The molecule has 1 aliphatic rings. The first kappa shape index (κ1) is 24.4. The van der Waals surface area contributed by atoms with Crippen molar-refractivity contribution in [1.82, 2.24) is 10.2 Å². The van der Waals surface area contributed by atoms with Gasteiger partial charge in [0.25, 0.3) is 5.91 Å². The Labute approximate surface area is 193 Å². The van der Waals surface area contributed by atoms with Crippen molar-refractivity contribution in [2.45, 2.75) is 19.4 Å². The summed E-state index contributed by atoms with van der Waals surface area (Å²) in [4.78, 5) is 39.3. The fraction of sp³-hybridized carbons (Fsp3) is 0.348. The van der Waals surface area contributed by atoms with Crippen LogP contribution in [0.2, 0.25) is 0 Å². The molecule has 1 saturated heterocycles.